The van der Waals surface area contributed by atoms with Crippen LogP contribution in [0.5, 0.6) is 0 Å². The summed E-state index contributed by atoms with van der Waals surface area (Å²) in [6, 6.07) is 7.34. The van der Waals surface area contributed by atoms with E-state index in [1.54, 1.807) is 19.2 Å². The molecule has 0 aliphatic rings. The van der Waals surface area contributed by atoms with Crippen molar-refractivity contribution in [2.45, 2.75) is 19.8 Å². The Labute approximate surface area is 170 Å². The Bertz CT molecular complexity index is 570. The maximum Gasteiger partial charge on any atom is 0.251 e. The molecule has 1 aromatic carbocycles. The first-order valence-electron chi connectivity index (χ1n) is 9.30. The molecule has 27 heavy (non-hydrogen) atoms. The van der Waals surface area contributed by atoms with Crippen molar-refractivity contribution in [3.63, 3.8) is 0 Å². The van der Waals surface area contributed by atoms with Gasteiger partial charge in [0.1, 0.15) is 0 Å². The molecule has 0 atom stereocenters. The van der Waals surface area contributed by atoms with Gasteiger partial charge in [0.15, 0.2) is 5.96 Å². The van der Waals surface area contributed by atoms with E-state index in [1.807, 2.05) is 19.1 Å². The van der Waals surface area contributed by atoms with Crippen LogP contribution in [0.15, 0.2) is 33.7 Å². The summed E-state index contributed by atoms with van der Waals surface area (Å²) in [4.78, 5) is 16.6. The van der Waals surface area contributed by atoms with Crippen LogP contribution in [0.4, 0.5) is 0 Å². The van der Waals surface area contributed by atoms with Crippen molar-refractivity contribution in [1.82, 2.24) is 16.0 Å². The van der Waals surface area contributed by atoms with Crippen LogP contribution in [0.1, 0.15) is 30.1 Å². The number of rotatable bonds is 13. The molecule has 3 N–H and O–H groups in total. The highest BCUT2D eigenvalue weighted by molar-refractivity contribution is 9.10. The van der Waals surface area contributed by atoms with Gasteiger partial charge in [0.2, 0.25) is 0 Å². The number of nitrogens with zero attached hydrogens (tertiary/aromatic N) is 1. The zero-order valence-corrected chi connectivity index (χ0v) is 17.8. The van der Waals surface area contributed by atoms with Crippen molar-refractivity contribution in [2.75, 3.05) is 53.1 Å². The summed E-state index contributed by atoms with van der Waals surface area (Å²) in [6.07, 6.45) is 1.67. The second-order valence-corrected chi connectivity index (χ2v) is 6.68. The van der Waals surface area contributed by atoms with Gasteiger partial charge in [-0.2, -0.15) is 0 Å². The molecule has 0 spiro atoms. The molecule has 0 aliphatic carbocycles. The summed E-state index contributed by atoms with van der Waals surface area (Å²) in [5, 5.41) is 9.40. The molecule has 0 saturated heterocycles. The highest BCUT2D eigenvalue weighted by Gasteiger charge is 2.04. The number of aliphatic imine (C=N–C) groups is 1. The summed E-state index contributed by atoms with van der Waals surface area (Å²) < 4.78 is 11.3. The second-order valence-electron chi connectivity index (χ2n) is 5.77. The molecule has 0 saturated carbocycles. The third-order valence-electron chi connectivity index (χ3n) is 3.51. The lowest BCUT2D eigenvalue weighted by Gasteiger charge is -2.11. The van der Waals surface area contributed by atoms with Gasteiger partial charge in [-0.15, -0.1) is 0 Å². The minimum atomic E-state index is -0.0706. The maximum atomic E-state index is 12.1. The van der Waals surface area contributed by atoms with Crippen LogP contribution in [0.2, 0.25) is 0 Å². The molecule has 1 aromatic rings. The quantitative estimate of drug-likeness (QED) is 0.247. The van der Waals surface area contributed by atoms with Crippen molar-refractivity contribution in [1.29, 1.82) is 0 Å². The summed E-state index contributed by atoms with van der Waals surface area (Å²) in [5.41, 5.74) is 0.649. The number of hydrogen-bond donors (Lipinski definition) is 3. The molecule has 152 valence electrons. The zero-order chi connectivity index (χ0) is 19.7. The number of guanidine groups is 1. The Morgan fingerprint density at radius 3 is 2.67 bits per heavy atom. The number of nitrogens with one attached hydrogen (secondary N) is 3. The SMILES string of the molecule is CCNC(=NCCCNC(=O)c1cccc(Br)c1)NCCCOCCOC. The molecular formula is C19H31BrN4O3. The largest absolute Gasteiger partial charge is 0.382 e. The molecule has 1 rings (SSSR count). The average molecular weight is 443 g/mol. The number of carbonyl (C=O) groups is 1. The van der Waals surface area contributed by atoms with Gasteiger partial charge in [0, 0.05) is 49.9 Å². The number of carbonyl (C=O) groups excluding carboxylic acids is 1. The molecule has 0 heterocycles. The summed E-state index contributed by atoms with van der Waals surface area (Å²) in [5.74, 6) is 0.714. The highest BCUT2D eigenvalue weighted by atomic mass is 79.9. The Morgan fingerprint density at radius 2 is 1.93 bits per heavy atom. The Hall–Kier alpha value is -1.64. The molecule has 0 bridgehead atoms. The molecular weight excluding hydrogens is 412 g/mol. The second kappa shape index (κ2) is 15.4. The van der Waals surface area contributed by atoms with Crippen molar-refractivity contribution in [2.24, 2.45) is 4.99 Å². The van der Waals surface area contributed by atoms with E-state index in [0.717, 1.165) is 36.4 Å². The zero-order valence-electron chi connectivity index (χ0n) is 16.2. The smallest absolute Gasteiger partial charge is 0.251 e. The summed E-state index contributed by atoms with van der Waals surface area (Å²) >= 11 is 3.37. The summed E-state index contributed by atoms with van der Waals surface area (Å²) in [7, 11) is 1.66. The fourth-order valence-corrected chi connectivity index (χ4v) is 2.57. The number of halogens is 1. The molecule has 0 aliphatic heterocycles. The molecule has 7 nitrogen and oxygen atoms in total. The van der Waals surface area contributed by atoms with Crippen LogP contribution < -0.4 is 16.0 Å². The molecule has 1 amide bonds. The first kappa shape index (κ1) is 23.4. The monoisotopic (exact) mass is 442 g/mol. The third-order valence-corrected chi connectivity index (χ3v) is 4.00. The van der Waals surface area contributed by atoms with Crippen LogP contribution in [-0.2, 0) is 9.47 Å². The predicted octanol–water partition coefficient (Wildman–Crippen LogP) is 2.18. The van der Waals surface area contributed by atoms with Gasteiger partial charge in [-0.1, -0.05) is 22.0 Å². The minimum Gasteiger partial charge on any atom is -0.382 e. The molecule has 0 aromatic heterocycles. The van der Waals surface area contributed by atoms with Crippen LogP contribution in [0.25, 0.3) is 0 Å². The van der Waals surface area contributed by atoms with E-state index in [2.05, 4.69) is 36.9 Å². The van der Waals surface area contributed by atoms with E-state index in [-0.39, 0.29) is 5.91 Å². The van der Waals surface area contributed by atoms with Crippen molar-refractivity contribution < 1.29 is 14.3 Å². The van der Waals surface area contributed by atoms with Crippen LogP contribution >= 0.6 is 15.9 Å². The third kappa shape index (κ3) is 11.6. The minimum absolute atomic E-state index is 0.0706. The van der Waals surface area contributed by atoms with Crippen LogP contribution in [0.3, 0.4) is 0 Å². The predicted molar refractivity (Wildman–Crippen MR) is 112 cm³/mol. The molecule has 0 radical (unpaired) electrons. The van der Waals surface area contributed by atoms with E-state index in [9.17, 15) is 4.79 Å². The van der Waals surface area contributed by atoms with E-state index in [4.69, 9.17) is 9.47 Å². The Kier molecular flexibility index (Phi) is 13.4. The van der Waals surface area contributed by atoms with E-state index in [0.29, 0.717) is 38.5 Å². The van der Waals surface area contributed by atoms with Gasteiger partial charge in [0.05, 0.1) is 13.2 Å². The lowest BCUT2D eigenvalue weighted by atomic mass is 10.2. The molecule has 8 heteroatoms. The number of hydrogen-bond acceptors (Lipinski definition) is 4. The standard InChI is InChI=1S/C19H31BrN4O3/c1-3-21-19(24-11-6-12-27-14-13-26-2)23-10-5-9-22-18(25)16-7-4-8-17(20)15-16/h4,7-8,15H,3,5-6,9-14H2,1-2H3,(H,22,25)(H2,21,23,24). The number of amides is 1. The van der Waals surface area contributed by atoms with Crippen LogP contribution in [0, 0.1) is 0 Å². The van der Waals surface area contributed by atoms with Crippen LogP contribution in [-0.4, -0.2) is 65.0 Å². The Balaban J connectivity index is 2.19. The van der Waals surface area contributed by atoms with Crippen molar-refractivity contribution in [3.8, 4) is 0 Å². The van der Waals surface area contributed by atoms with Gasteiger partial charge in [0.25, 0.3) is 5.91 Å². The molecule has 0 fully saturated rings. The first-order valence-corrected chi connectivity index (χ1v) is 10.1. The number of ether oxygens (including phenoxy) is 2. The Morgan fingerprint density at radius 1 is 1.11 bits per heavy atom. The highest BCUT2D eigenvalue weighted by Crippen LogP contribution is 2.11. The van der Waals surface area contributed by atoms with Gasteiger partial charge >= 0.3 is 0 Å². The van der Waals surface area contributed by atoms with Gasteiger partial charge in [-0.3, -0.25) is 9.79 Å². The van der Waals surface area contributed by atoms with E-state index < -0.39 is 0 Å². The normalized spacial score (nSPS) is 11.3. The fourth-order valence-electron chi connectivity index (χ4n) is 2.17. The maximum absolute atomic E-state index is 12.1. The lowest BCUT2D eigenvalue weighted by Crippen LogP contribution is -2.38. The summed E-state index contributed by atoms with van der Waals surface area (Å²) in [6.45, 7) is 6.78. The number of benzene rings is 1. The van der Waals surface area contributed by atoms with Crippen molar-refractivity contribution in [3.05, 3.63) is 34.3 Å². The van der Waals surface area contributed by atoms with Gasteiger partial charge in [-0.25, -0.2) is 0 Å². The van der Waals surface area contributed by atoms with E-state index in [1.165, 1.54) is 0 Å². The molecule has 0 unspecified atom stereocenters. The van der Waals surface area contributed by atoms with Crippen molar-refractivity contribution >= 4 is 27.8 Å². The van der Waals surface area contributed by atoms with Gasteiger partial charge < -0.3 is 25.4 Å². The topological polar surface area (TPSA) is 84.0 Å². The van der Waals surface area contributed by atoms with E-state index >= 15 is 0 Å². The van der Waals surface area contributed by atoms with Gasteiger partial charge in [-0.05, 0) is 38.0 Å². The average Bonchev–Trinajstić information content (AvgIpc) is 2.66. The fraction of sp³-hybridized carbons (Fsp3) is 0.579. The first-order chi connectivity index (χ1) is 13.2. The number of methoxy groups -OCH3 is 1. The lowest BCUT2D eigenvalue weighted by molar-refractivity contribution is 0.0698.